The zero-order valence-corrected chi connectivity index (χ0v) is 23.7. The van der Waals surface area contributed by atoms with Gasteiger partial charge in [0, 0.05) is 27.6 Å². The van der Waals surface area contributed by atoms with Gasteiger partial charge in [-0.2, -0.15) is 0 Å². The molecule has 10 rings (SSSR count). The van der Waals surface area contributed by atoms with E-state index in [2.05, 4.69) is 127 Å². The first-order chi connectivity index (χ1) is 21.8. The highest BCUT2D eigenvalue weighted by Crippen LogP contribution is 2.40. The van der Waals surface area contributed by atoms with E-state index in [-0.39, 0.29) is 0 Å². The van der Waals surface area contributed by atoms with Crippen LogP contribution in [0.15, 0.2) is 154 Å². The van der Waals surface area contributed by atoms with Gasteiger partial charge in [-0.15, -0.1) is 0 Å². The summed E-state index contributed by atoms with van der Waals surface area (Å²) in [4.78, 5) is 0. The lowest BCUT2D eigenvalue weighted by Gasteiger charge is -2.12. The zero-order chi connectivity index (χ0) is 28.8. The van der Waals surface area contributed by atoms with E-state index in [0.29, 0.717) is 0 Å². The van der Waals surface area contributed by atoms with Gasteiger partial charge in [-0.3, -0.25) is 0 Å². The van der Waals surface area contributed by atoms with E-state index in [1.165, 1.54) is 49.0 Å². The van der Waals surface area contributed by atoms with Gasteiger partial charge < -0.3 is 8.83 Å². The Morgan fingerprint density at radius 2 is 0.682 bits per heavy atom. The summed E-state index contributed by atoms with van der Waals surface area (Å²) >= 11 is 0. The van der Waals surface area contributed by atoms with Gasteiger partial charge in [-0.1, -0.05) is 103 Å². The van der Waals surface area contributed by atoms with E-state index >= 15 is 0 Å². The SMILES string of the molecule is c1cc(-c2ccc3oc4cc5oc6ccccc6c5cc4c3c2)cc(-c2ccc3c4ccccc4c4ccccc4c3c2)c1. The number of rotatable bonds is 2. The topological polar surface area (TPSA) is 26.3 Å². The second kappa shape index (κ2) is 8.82. The van der Waals surface area contributed by atoms with Crippen LogP contribution in [-0.2, 0) is 0 Å². The number of hydrogen-bond acceptors (Lipinski definition) is 2. The summed E-state index contributed by atoms with van der Waals surface area (Å²) < 4.78 is 12.4. The number of benzene rings is 8. The minimum atomic E-state index is 0.841. The third-order valence-electron chi connectivity index (χ3n) is 9.24. The molecule has 204 valence electrons. The Morgan fingerprint density at radius 1 is 0.227 bits per heavy atom. The average Bonchev–Trinajstić information content (AvgIpc) is 3.64. The Kier molecular flexibility index (Phi) is 4.75. The van der Waals surface area contributed by atoms with Crippen molar-refractivity contribution >= 4 is 76.2 Å². The van der Waals surface area contributed by atoms with Crippen LogP contribution >= 0.6 is 0 Å². The van der Waals surface area contributed by atoms with Crippen molar-refractivity contribution in [2.24, 2.45) is 0 Å². The summed E-state index contributed by atoms with van der Waals surface area (Å²) in [5.41, 5.74) is 8.22. The molecule has 0 fully saturated rings. The molecule has 0 bridgehead atoms. The number of hydrogen-bond donors (Lipinski definition) is 0. The van der Waals surface area contributed by atoms with E-state index in [0.717, 1.165) is 49.4 Å². The molecule has 10 aromatic rings. The number of furan rings is 2. The molecule has 8 aromatic carbocycles. The Balaban J connectivity index is 1.13. The lowest BCUT2D eigenvalue weighted by Crippen LogP contribution is -1.85. The predicted octanol–water partition coefficient (Wildman–Crippen LogP) is 12.3. The van der Waals surface area contributed by atoms with Crippen molar-refractivity contribution in [3.05, 3.63) is 146 Å². The van der Waals surface area contributed by atoms with Crippen LogP contribution < -0.4 is 0 Å². The molecule has 2 aromatic heterocycles. The van der Waals surface area contributed by atoms with Crippen molar-refractivity contribution in [3.63, 3.8) is 0 Å². The summed E-state index contributed by atoms with van der Waals surface area (Å²) in [6, 6.07) is 52.2. The molecule has 44 heavy (non-hydrogen) atoms. The van der Waals surface area contributed by atoms with Gasteiger partial charge in [0.25, 0.3) is 0 Å². The summed E-state index contributed by atoms with van der Waals surface area (Å²) in [7, 11) is 0. The standard InChI is InChI=1S/C42H24O2/c1-2-12-31-29(10-1)30-11-3-4-13-32(30)35-21-27(16-18-33(31)35)25-8-7-9-26(20-25)28-17-19-40-36(22-28)38-23-37-34-14-5-6-15-39(34)43-41(37)24-42(38)44-40/h1-24H. The van der Waals surface area contributed by atoms with Crippen molar-refractivity contribution in [1.82, 2.24) is 0 Å². The van der Waals surface area contributed by atoms with Crippen molar-refractivity contribution in [1.29, 1.82) is 0 Å². The summed E-state index contributed by atoms with van der Waals surface area (Å²) in [6.07, 6.45) is 0. The average molecular weight is 561 g/mol. The monoisotopic (exact) mass is 560 g/mol. The predicted molar refractivity (Wildman–Crippen MR) is 184 cm³/mol. The molecule has 0 amide bonds. The smallest absolute Gasteiger partial charge is 0.139 e. The molecule has 0 radical (unpaired) electrons. The van der Waals surface area contributed by atoms with Crippen LogP contribution in [-0.4, -0.2) is 0 Å². The number of para-hydroxylation sites is 1. The third-order valence-corrected chi connectivity index (χ3v) is 9.24. The normalized spacial score (nSPS) is 12.1. The molecule has 2 nitrogen and oxygen atoms in total. The van der Waals surface area contributed by atoms with E-state index < -0.39 is 0 Å². The van der Waals surface area contributed by atoms with Crippen LogP contribution in [0, 0.1) is 0 Å². The van der Waals surface area contributed by atoms with E-state index in [1.54, 1.807) is 0 Å². The first-order valence-corrected chi connectivity index (χ1v) is 15.0. The van der Waals surface area contributed by atoms with E-state index in [4.69, 9.17) is 8.83 Å². The molecule has 2 heterocycles. The first kappa shape index (κ1) is 23.7. The molecule has 0 saturated carbocycles. The van der Waals surface area contributed by atoms with Gasteiger partial charge in [0.15, 0.2) is 0 Å². The Labute approximate surface area is 252 Å². The maximum atomic E-state index is 6.29. The highest BCUT2D eigenvalue weighted by molar-refractivity contribution is 6.25. The van der Waals surface area contributed by atoms with Crippen molar-refractivity contribution < 1.29 is 8.83 Å². The summed E-state index contributed by atoms with van der Waals surface area (Å²) in [6.45, 7) is 0. The van der Waals surface area contributed by atoms with Gasteiger partial charge in [-0.05, 0) is 91.0 Å². The molecule has 0 aliphatic rings. The van der Waals surface area contributed by atoms with Crippen molar-refractivity contribution in [2.45, 2.75) is 0 Å². The second-order valence-electron chi connectivity index (χ2n) is 11.7. The van der Waals surface area contributed by atoms with Crippen LogP contribution in [0.2, 0.25) is 0 Å². The van der Waals surface area contributed by atoms with Gasteiger partial charge in [0.05, 0.1) is 0 Å². The lowest BCUT2D eigenvalue weighted by atomic mass is 9.91. The molecule has 0 aliphatic heterocycles. The lowest BCUT2D eigenvalue weighted by molar-refractivity contribution is 0.656. The van der Waals surface area contributed by atoms with Gasteiger partial charge >= 0.3 is 0 Å². The summed E-state index contributed by atoms with van der Waals surface area (Å²) in [5.74, 6) is 0. The highest BCUT2D eigenvalue weighted by Gasteiger charge is 2.15. The first-order valence-electron chi connectivity index (χ1n) is 15.0. The van der Waals surface area contributed by atoms with Crippen molar-refractivity contribution in [3.8, 4) is 22.3 Å². The maximum absolute atomic E-state index is 6.29. The molecule has 0 unspecified atom stereocenters. The van der Waals surface area contributed by atoms with E-state index in [1.807, 2.05) is 18.2 Å². The third kappa shape index (κ3) is 3.37. The molecular weight excluding hydrogens is 536 g/mol. The van der Waals surface area contributed by atoms with Crippen LogP contribution in [0.5, 0.6) is 0 Å². The molecule has 0 spiro atoms. The van der Waals surface area contributed by atoms with Gasteiger partial charge in [0.1, 0.15) is 22.3 Å². The number of fused-ring (bicyclic) bond motifs is 12. The van der Waals surface area contributed by atoms with Crippen LogP contribution in [0.1, 0.15) is 0 Å². The Morgan fingerprint density at radius 3 is 1.36 bits per heavy atom. The molecule has 0 aliphatic carbocycles. The minimum absolute atomic E-state index is 0.841. The molecular formula is C42H24O2. The molecule has 2 heteroatoms. The minimum Gasteiger partial charge on any atom is -0.456 e. The fourth-order valence-corrected chi connectivity index (χ4v) is 7.14. The maximum Gasteiger partial charge on any atom is 0.139 e. The van der Waals surface area contributed by atoms with Gasteiger partial charge in [0.2, 0.25) is 0 Å². The molecule has 0 atom stereocenters. The van der Waals surface area contributed by atoms with Gasteiger partial charge in [-0.25, -0.2) is 0 Å². The largest absolute Gasteiger partial charge is 0.456 e. The Hall–Kier alpha value is -5.86. The molecule has 0 N–H and O–H groups in total. The zero-order valence-electron chi connectivity index (χ0n) is 23.7. The molecule has 0 saturated heterocycles. The fraction of sp³-hybridized carbons (Fsp3) is 0. The summed E-state index contributed by atoms with van der Waals surface area (Å²) in [5, 5.41) is 12.2. The van der Waals surface area contributed by atoms with Crippen LogP contribution in [0.4, 0.5) is 0 Å². The van der Waals surface area contributed by atoms with Crippen LogP contribution in [0.25, 0.3) is 98.4 Å². The second-order valence-corrected chi connectivity index (χ2v) is 11.7. The highest BCUT2D eigenvalue weighted by atomic mass is 16.3. The quantitative estimate of drug-likeness (QED) is 0.197. The van der Waals surface area contributed by atoms with Crippen molar-refractivity contribution in [2.75, 3.05) is 0 Å². The van der Waals surface area contributed by atoms with E-state index in [9.17, 15) is 0 Å². The fourth-order valence-electron chi connectivity index (χ4n) is 7.14. The van der Waals surface area contributed by atoms with Crippen LogP contribution in [0.3, 0.4) is 0 Å². The Bertz CT molecular complexity index is 2740.